The van der Waals surface area contributed by atoms with Crippen LogP contribution in [0, 0.1) is 24.7 Å². The summed E-state index contributed by atoms with van der Waals surface area (Å²) in [5, 5.41) is 3.06. The van der Waals surface area contributed by atoms with Crippen molar-refractivity contribution >= 4 is 24.0 Å². The number of anilines is 1. The predicted molar refractivity (Wildman–Crippen MR) is 106 cm³/mol. The molecule has 1 saturated carbocycles. The van der Waals surface area contributed by atoms with Gasteiger partial charge in [-0.3, -0.25) is 4.79 Å². The van der Waals surface area contributed by atoms with Gasteiger partial charge in [0, 0.05) is 30.9 Å². The summed E-state index contributed by atoms with van der Waals surface area (Å²) in [5.41, 5.74) is 7.70. The Balaban J connectivity index is 0.00000243. The summed E-state index contributed by atoms with van der Waals surface area (Å²) in [4.78, 5) is 12.6. The van der Waals surface area contributed by atoms with Crippen molar-refractivity contribution in [3.8, 4) is 5.75 Å². The van der Waals surface area contributed by atoms with Crippen LogP contribution in [0.3, 0.4) is 0 Å². The van der Waals surface area contributed by atoms with Crippen molar-refractivity contribution < 1.29 is 14.3 Å². The van der Waals surface area contributed by atoms with Gasteiger partial charge in [0.2, 0.25) is 5.91 Å². The fraction of sp³-hybridized carbons (Fsp3) is 0.650. The van der Waals surface area contributed by atoms with Crippen molar-refractivity contribution in [2.75, 3.05) is 31.7 Å². The first-order chi connectivity index (χ1) is 12.2. The Morgan fingerprint density at radius 3 is 2.77 bits per heavy atom. The number of nitrogens with one attached hydrogen (secondary N) is 1. The van der Waals surface area contributed by atoms with Gasteiger partial charge < -0.3 is 20.5 Å². The first kappa shape index (κ1) is 21.0. The lowest BCUT2D eigenvalue weighted by molar-refractivity contribution is -0.120. The maximum absolute atomic E-state index is 12.6. The summed E-state index contributed by atoms with van der Waals surface area (Å²) >= 11 is 0. The molecule has 1 aliphatic carbocycles. The van der Waals surface area contributed by atoms with E-state index >= 15 is 0 Å². The highest BCUT2D eigenvalue weighted by atomic mass is 35.5. The van der Waals surface area contributed by atoms with Crippen LogP contribution in [-0.4, -0.2) is 32.3 Å². The number of nitrogens with two attached hydrogens (primary N) is 1. The Hall–Kier alpha value is -1.30. The van der Waals surface area contributed by atoms with Gasteiger partial charge in [-0.25, -0.2) is 0 Å². The van der Waals surface area contributed by atoms with Crippen LogP contribution in [0.4, 0.5) is 5.69 Å². The molecule has 3 N–H and O–H groups in total. The van der Waals surface area contributed by atoms with Crippen molar-refractivity contribution in [2.45, 2.75) is 39.0 Å². The average molecular weight is 383 g/mol. The van der Waals surface area contributed by atoms with E-state index in [1.54, 1.807) is 0 Å². The molecule has 1 saturated heterocycles. The SMILES string of the molecule is Cc1ccc(NC(=O)[C@@H]2CCC[C@@H]2CN)cc1OCC1CCOCC1.Cl. The molecule has 5 nitrogen and oxygen atoms in total. The lowest BCUT2D eigenvalue weighted by Gasteiger charge is -2.23. The molecule has 146 valence electrons. The highest BCUT2D eigenvalue weighted by molar-refractivity contribution is 5.93. The third-order valence-corrected chi connectivity index (χ3v) is 5.57. The summed E-state index contributed by atoms with van der Waals surface area (Å²) in [5.74, 6) is 1.85. The third kappa shape index (κ3) is 5.35. The lowest BCUT2D eigenvalue weighted by atomic mass is 9.95. The van der Waals surface area contributed by atoms with Crippen molar-refractivity contribution in [1.82, 2.24) is 0 Å². The first-order valence-electron chi connectivity index (χ1n) is 9.49. The average Bonchev–Trinajstić information content (AvgIpc) is 3.12. The zero-order valence-corrected chi connectivity index (χ0v) is 16.4. The van der Waals surface area contributed by atoms with Crippen molar-refractivity contribution in [1.29, 1.82) is 0 Å². The minimum atomic E-state index is 0. The van der Waals surface area contributed by atoms with Gasteiger partial charge in [0.25, 0.3) is 0 Å². The summed E-state index contributed by atoms with van der Waals surface area (Å²) < 4.78 is 11.4. The van der Waals surface area contributed by atoms with E-state index < -0.39 is 0 Å². The molecule has 0 aromatic heterocycles. The second-order valence-corrected chi connectivity index (χ2v) is 7.37. The standard InChI is InChI=1S/C20H30N2O3.ClH/c1-14-5-6-17(22-20(23)18-4-2-3-16(18)12-21)11-19(14)25-13-15-7-9-24-10-8-15;/h5-6,11,15-16,18H,2-4,7-10,12-13,21H2,1H3,(H,22,23);1H/t16-,18-;/m1./s1. The quantitative estimate of drug-likeness (QED) is 0.789. The number of hydrogen-bond donors (Lipinski definition) is 2. The molecule has 2 fully saturated rings. The zero-order chi connectivity index (χ0) is 17.6. The first-order valence-corrected chi connectivity index (χ1v) is 9.49. The summed E-state index contributed by atoms with van der Waals surface area (Å²) in [6, 6.07) is 5.89. The Labute approximate surface area is 162 Å². The number of benzene rings is 1. The second-order valence-electron chi connectivity index (χ2n) is 7.37. The summed E-state index contributed by atoms with van der Waals surface area (Å²) in [6.45, 7) is 4.98. The van der Waals surface area contributed by atoms with E-state index in [0.717, 1.165) is 62.3 Å². The molecule has 0 spiro atoms. The van der Waals surface area contributed by atoms with Gasteiger partial charge in [-0.1, -0.05) is 12.5 Å². The van der Waals surface area contributed by atoms with Gasteiger partial charge in [0.05, 0.1) is 6.61 Å². The van der Waals surface area contributed by atoms with Gasteiger partial charge in [-0.05, 0) is 62.6 Å². The fourth-order valence-electron chi connectivity index (χ4n) is 3.85. The number of carbonyl (C=O) groups excluding carboxylic acids is 1. The van der Waals surface area contributed by atoms with E-state index in [4.69, 9.17) is 15.2 Å². The molecule has 1 amide bonds. The van der Waals surface area contributed by atoms with E-state index in [1.807, 2.05) is 25.1 Å². The Morgan fingerprint density at radius 2 is 2.04 bits per heavy atom. The Bertz CT molecular complexity index is 590. The summed E-state index contributed by atoms with van der Waals surface area (Å²) in [6.07, 6.45) is 5.19. The third-order valence-electron chi connectivity index (χ3n) is 5.57. The van der Waals surface area contributed by atoms with E-state index in [2.05, 4.69) is 5.32 Å². The topological polar surface area (TPSA) is 73.6 Å². The van der Waals surface area contributed by atoms with Crippen LogP contribution in [0.15, 0.2) is 18.2 Å². The van der Waals surface area contributed by atoms with Gasteiger partial charge in [-0.15, -0.1) is 12.4 Å². The highest BCUT2D eigenvalue weighted by Crippen LogP contribution is 2.32. The molecule has 2 aliphatic rings. The van der Waals surface area contributed by atoms with Crippen LogP contribution in [-0.2, 0) is 9.53 Å². The van der Waals surface area contributed by atoms with E-state index in [1.165, 1.54) is 0 Å². The molecule has 1 heterocycles. The number of ether oxygens (including phenoxy) is 2. The molecular formula is C20H31ClN2O3. The van der Waals surface area contributed by atoms with E-state index in [0.29, 0.717) is 25.0 Å². The van der Waals surface area contributed by atoms with Crippen molar-refractivity contribution in [3.05, 3.63) is 23.8 Å². The molecule has 0 unspecified atom stereocenters. The molecular weight excluding hydrogens is 352 g/mol. The highest BCUT2D eigenvalue weighted by Gasteiger charge is 2.31. The Morgan fingerprint density at radius 1 is 1.27 bits per heavy atom. The number of halogens is 1. The predicted octanol–water partition coefficient (Wildman–Crippen LogP) is 3.54. The van der Waals surface area contributed by atoms with Gasteiger partial charge in [0.15, 0.2) is 0 Å². The van der Waals surface area contributed by atoms with Crippen LogP contribution in [0.25, 0.3) is 0 Å². The smallest absolute Gasteiger partial charge is 0.227 e. The fourth-order valence-corrected chi connectivity index (χ4v) is 3.85. The molecule has 2 atom stereocenters. The molecule has 26 heavy (non-hydrogen) atoms. The van der Waals surface area contributed by atoms with Gasteiger partial charge >= 0.3 is 0 Å². The largest absolute Gasteiger partial charge is 0.493 e. The molecule has 0 radical (unpaired) electrons. The zero-order valence-electron chi connectivity index (χ0n) is 15.5. The molecule has 1 aromatic carbocycles. The van der Waals surface area contributed by atoms with Crippen LogP contribution in [0.2, 0.25) is 0 Å². The molecule has 6 heteroatoms. The van der Waals surface area contributed by atoms with Crippen LogP contribution in [0.1, 0.15) is 37.7 Å². The lowest BCUT2D eigenvalue weighted by Crippen LogP contribution is -2.29. The normalized spacial score (nSPS) is 23.3. The summed E-state index contributed by atoms with van der Waals surface area (Å²) in [7, 11) is 0. The molecule has 1 aromatic rings. The maximum Gasteiger partial charge on any atom is 0.227 e. The number of hydrogen-bond acceptors (Lipinski definition) is 4. The van der Waals surface area contributed by atoms with Crippen LogP contribution in [0.5, 0.6) is 5.75 Å². The van der Waals surface area contributed by atoms with Crippen LogP contribution < -0.4 is 15.8 Å². The van der Waals surface area contributed by atoms with Gasteiger partial charge in [0.1, 0.15) is 5.75 Å². The Kier molecular flexibility index (Phi) is 8.19. The number of carbonyl (C=O) groups is 1. The maximum atomic E-state index is 12.6. The number of amides is 1. The molecule has 0 bridgehead atoms. The van der Waals surface area contributed by atoms with Crippen molar-refractivity contribution in [3.63, 3.8) is 0 Å². The minimum absolute atomic E-state index is 0. The minimum Gasteiger partial charge on any atom is -0.493 e. The van der Waals surface area contributed by atoms with Crippen LogP contribution >= 0.6 is 12.4 Å². The molecule has 1 aliphatic heterocycles. The molecule has 3 rings (SSSR count). The number of aryl methyl sites for hydroxylation is 1. The second kappa shape index (κ2) is 10.1. The van der Waals surface area contributed by atoms with Gasteiger partial charge in [-0.2, -0.15) is 0 Å². The van der Waals surface area contributed by atoms with E-state index in [-0.39, 0.29) is 24.2 Å². The van der Waals surface area contributed by atoms with E-state index in [9.17, 15) is 4.79 Å². The van der Waals surface area contributed by atoms with Crippen molar-refractivity contribution in [2.24, 2.45) is 23.5 Å². The monoisotopic (exact) mass is 382 g/mol. The number of rotatable bonds is 6.